The van der Waals surface area contributed by atoms with E-state index in [0.717, 1.165) is 19.7 Å². The Hall–Kier alpha value is -1.68. The number of morpholine rings is 1. The van der Waals surface area contributed by atoms with Crippen molar-refractivity contribution in [2.75, 3.05) is 67.1 Å². The molecule has 2 atom stereocenters. The maximum Gasteiger partial charge on any atom is 0.243 e. The lowest BCUT2D eigenvalue weighted by Crippen LogP contribution is -2.48. The molecule has 9 heteroatoms. The van der Waals surface area contributed by atoms with E-state index < -0.39 is 0 Å². The van der Waals surface area contributed by atoms with Gasteiger partial charge in [0.15, 0.2) is 5.96 Å². The highest BCUT2D eigenvalue weighted by molar-refractivity contribution is 7.10. The van der Waals surface area contributed by atoms with E-state index in [4.69, 9.17) is 9.47 Å². The summed E-state index contributed by atoms with van der Waals surface area (Å²) in [5, 5.41) is 8.75. The Labute approximate surface area is 171 Å². The maximum absolute atomic E-state index is 11.9. The number of thiophene rings is 1. The minimum atomic E-state index is -0.0374. The summed E-state index contributed by atoms with van der Waals surface area (Å²) >= 11 is 1.76. The highest BCUT2D eigenvalue weighted by Gasteiger charge is 2.26. The van der Waals surface area contributed by atoms with E-state index >= 15 is 0 Å². The Kier molecular flexibility index (Phi) is 9.69. The van der Waals surface area contributed by atoms with E-state index in [0.29, 0.717) is 25.7 Å². The summed E-state index contributed by atoms with van der Waals surface area (Å²) in [4.78, 5) is 21.6. The molecule has 1 aromatic heterocycles. The monoisotopic (exact) mass is 411 g/mol. The summed E-state index contributed by atoms with van der Waals surface area (Å²) in [5.41, 5.74) is 0. The second-order valence-corrected chi connectivity index (χ2v) is 7.94. The quantitative estimate of drug-likeness (QED) is 0.355. The molecule has 0 spiro atoms. The summed E-state index contributed by atoms with van der Waals surface area (Å²) in [6.45, 7) is 6.64. The molecule has 1 aliphatic rings. The molecule has 1 saturated heterocycles. The Morgan fingerprint density at radius 2 is 2.32 bits per heavy atom. The van der Waals surface area contributed by atoms with Crippen molar-refractivity contribution in [2.24, 2.45) is 4.99 Å². The smallest absolute Gasteiger partial charge is 0.243 e. The van der Waals surface area contributed by atoms with E-state index in [1.54, 1.807) is 37.4 Å². The van der Waals surface area contributed by atoms with Gasteiger partial charge in [-0.15, -0.1) is 11.3 Å². The number of nitrogens with one attached hydrogen (secondary N) is 2. The highest BCUT2D eigenvalue weighted by atomic mass is 32.1. The van der Waals surface area contributed by atoms with Crippen LogP contribution in [0.15, 0.2) is 22.5 Å². The zero-order chi connectivity index (χ0) is 20.4. The molecule has 28 heavy (non-hydrogen) atoms. The standard InChI is InChI=1S/C19H33N5O3S/c1-15-14-24(8-10-27-15)16(17-6-5-11-28-17)12-21-19(20-7-9-26-4)22-13-18(25)23(2)3/h5-6,11,15-16H,7-10,12-14H2,1-4H3,(H2,20,21,22). The number of ether oxygens (including phenoxy) is 2. The summed E-state index contributed by atoms with van der Waals surface area (Å²) < 4.78 is 10.8. The van der Waals surface area contributed by atoms with Crippen LogP contribution in [0.3, 0.4) is 0 Å². The molecule has 8 nitrogen and oxygen atoms in total. The molecular formula is C19H33N5O3S. The van der Waals surface area contributed by atoms with Crippen molar-refractivity contribution in [1.82, 2.24) is 20.4 Å². The van der Waals surface area contributed by atoms with Gasteiger partial charge in [0, 0.05) is 52.3 Å². The average molecular weight is 412 g/mol. The minimum absolute atomic E-state index is 0.0374. The number of methoxy groups -OCH3 is 1. The van der Waals surface area contributed by atoms with Gasteiger partial charge in [0.2, 0.25) is 5.91 Å². The molecule has 2 N–H and O–H groups in total. The Bertz CT molecular complexity index is 609. The first kappa shape index (κ1) is 22.6. The number of rotatable bonds is 9. The molecule has 0 saturated carbocycles. The van der Waals surface area contributed by atoms with Gasteiger partial charge in [-0.05, 0) is 18.4 Å². The van der Waals surface area contributed by atoms with Crippen LogP contribution >= 0.6 is 11.3 Å². The van der Waals surface area contributed by atoms with Gasteiger partial charge in [-0.25, -0.2) is 4.99 Å². The first-order valence-electron chi connectivity index (χ1n) is 9.61. The Morgan fingerprint density at radius 3 is 2.96 bits per heavy atom. The maximum atomic E-state index is 11.9. The summed E-state index contributed by atoms with van der Waals surface area (Å²) in [6.07, 6.45) is 0.224. The van der Waals surface area contributed by atoms with Gasteiger partial charge in [0.25, 0.3) is 0 Å². The van der Waals surface area contributed by atoms with Crippen LogP contribution in [-0.2, 0) is 14.3 Å². The van der Waals surface area contributed by atoms with E-state index in [2.05, 4.69) is 45.0 Å². The van der Waals surface area contributed by atoms with E-state index in [1.165, 1.54) is 4.88 Å². The molecule has 0 aromatic carbocycles. The van der Waals surface area contributed by atoms with Crippen LogP contribution in [0, 0.1) is 0 Å². The third-order valence-corrected chi connectivity index (χ3v) is 5.49. The average Bonchev–Trinajstić information content (AvgIpc) is 3.20. The molecule has 1 aromatic rings. The van der Waals surface area contributed by atoms with Crippen molar-refractivity contribution in [3.05, 3.63) is 22.4 Å². The molecule has 2 heterocycles. The van der Waals surface area contributed by atoms with Crippen molar-refractivity contribution in [3.8, 4) is 0 Å². The molecule has 1 amide bonds. The zero-order valence-corrected chi connectivity index (χ0v) is 18.1. The van der Waals surface area contributed by atoms with Gasteiger partial charge in [-0.1, -0.05) is 6.07 Å². The van der Waals surface area contributed by atoms with Crippen molar-refractivity contribution in [3.63, 3.8) is 0 Å². The number of nitrogens with zero attached hydrogens (tertiary/aromatic N) is 3. The second-order valence-electron chi connectivity index (χ2n) is 6.96. The largest absolute Gasteiger partial charge is 0.383 e. The topological polar surface area (TPSA) is 78.4 Å². The van der Waals surface area contributed by atoms with Crippen molar-refractivity contribution in [1.29, 1.82) is 0 Å². The van der Waals surface area contributed by atoms with E-state index in [-0.39, 0.29) is 24.6 Å². The zero-order valence-electron chi connectivity index (χ0n) is 17.3. The fraction of sp³-hybridized carbons (Fsp3) is 0.684. The summed E-state index contributed by atoms with van der Waals surface area (Å²) in [5.74, 6) is 0.583. The number of aliphatic imine (C=N–C) groups is 1. The van der Waals surface area contributed by atoms with Crippen molar-refractivity contribution >= 4 is 23.2 Å². The van der Waals surface area contributed by atoms with Gasteiger partial charge >= 0.3 is 0 Å². The molecule has 2 rings (SSSR count). The number of carbonyl (C=O) groups excluding carboxylic acids is 1. The lowest BCUT2D eigenvalue weighted by molar-refractivity contribution is -0.127. The minimum Gasteiger partial charge on any atom is -0.383 e. The fourth-order valence-corrected chi connectivity index (χ4v) is 3.81. The number of amides is 1. The predicted octanol–water partition coefficient (Wildman–Crippen LogP) is 0.780. The molecule has 1 aliphatic heterocycles. The fourth-order valence-electron chi connectivity index (χ4n) is 2.95. The van der Waals surface area contributed by atoms with Crippen LogP contribution in [0.25, 0.3) is 0 Å². The van der Waals surface area contributed by atoms with Crippen LogP contribution in [-0.4, -0.2) is 94.9 Å². The third kappa shape index (κ3) is 7.38. The molecule has 0 aliphatic carbocycles. The van der Waals surface area contributed by atoms with Crippen molar-refractivity contribution in [2.45, 2.75) is 19.1 Å². The summed E-state index contributed by atoms with van der Waals surface area (Å²) in [7, 11) is 5.12. The Morgan fingerprint density at radius 1 is 1.50 bits per heavy atom. The molecule has 0 bridgehead atoms. The van der Waals surface area contributed by atoms with Crippen LogP contribution < -0.4 is 10.6 Å². The van der Waals surface area contributed by atoms with Gasteiger partial charge < -0.3 is 25.0 Å². The molecule has 1 fully saturated rings. The lowest BCUT2D eigenvalue weighted by atomic mass is 10.1. The number of hydrogen-bond donors (Lipinski definition) is 2. The van der Waals surface area contributed by atoms with Crippen LogP contribution in [0.5, 0.6) is 0 Å². The number of likely N-dealkylation sites (N-methyl/N-ethyl adjacent to an activating group) is 1. The first-order chi connectivity index (χ1) is 13.5. The molecule has 158 valence electrons. The van der Waals surface area contributed by atoms with Crippen molar-refractivity contribution < 1.29 is 14.3 Å². The van der Waals surface area contributed by atoms with Gasteiger partial charge in [-0.3, -0.25) is 9.69 Å². The molecule has 2 unspecified atom stereocenters. The lowest BCUT2D eigenvalue weighted by Gasteiger charge is -2.37. The van der Waals surface area contributed by atoms with Gasteiger partial charge in [-0.2, -0.15) is 0 Å². The summed E-state index contributed by atoms with van der Waals surface area (Å²) in [6, 6.07) is 4.48. The van der Waals surface area contributed by atoms with E-state index in [1.807, 2.05) is 0 Å². The predicted molar refractivity (Wildman–Crippen MR) is 113 cm³/mol. The van der Waals surface area contributed by atoms with E-state index in [9.17, 15) is 4.79 Å². The number of hydrogen-bond acceptors (Lipinski definition) is 6. The van der Waals surface area contributed by atoms with Gasteiger partial charge in [0.1, 0.15) is 6.54 Å². The van der Waals surface area contributed by atoms with Crippen LogP contribution in [0.4, 0.5) is 0 Å². The van der Waals surface area contributed by atoms with Gasteiger partial charge in [0.05, 0.1) is 25.4 Å². The second kappa shape index (κ2) is 12.0. The van der Waals surface area contributed by atoms with Crippen LogP contribution in [0.1, 0.15) is 17.8 Å². The third-order valence-electron chi connectivity index (χ3n) is 4.52. The molecular weight excluding hydrogens is 378 g/mol. The van der Waals surface area contributed by atoms with Crippen LogP contribution in [0.2, 0.25) is 0 Å². The number of carbonyl (C=O) groups is 1. The Balaban J connectivity index is 2.04. The SMILES string of the molecule is COCCNC(=NCC(=O)N(C)C)NCC(c1cccs1)N1CCOC(C)C1. The molecule has 0 radical (unpaired) electrons. The highest BCUT2D eigenvalue weighted by Crippen LogP contribution is 2.26. The first-order valence-corrected chi connectivity index (χ1v) is 10.5. The number of guanidine groups is 1. The normalized spacial score (nSPS) is 19.3.